The van der Waals surface area contributed by atoms with E-state index in [9.17, 15) is 4.79 Å². The molecule has 3 rings (SSSR count). The van der Waals surface area contributed by atoms with Crippen LogP contribution in [0.1, 0.15) is 12.5 Å². The molecule has 11 heteroatoms. The molecule has 0 radical (unpaired) electrons. The maximum atomic E-state index is 12.4. The first-order valence-electron chi connectivity index (χ1n) is 10.9. The van der Waals surface area contributed by atoms with E-state index in [4.69, 9.17) is 45.6 Å². The van der Waals surface area contributed by atoms with E-state index in [2.05, 4.69) is 11.0 Å². The number of carbonyl (C=O) groups is 3. The maximum absolute atomic E-state index is 12.4. The Morgan fingerprint density at radius 3 is 2.09 bits per heavy atom. The van der Waals surface area contributed by atoms with Gasteiger partial charge in [0.2, 0.25) is 0 Å². The number of hydrogen-bond donors (Lipinski definition) is 2. The largest absolute Gasteiger partial charge is 0.493 e. The zero-order valence-electron chi connectivity index (χ0n) is 19.6. The summed E-state index contributed by atoms with van der Waals surface area (Å²) >= 11 is 5.86. The van der Waals surface area contributed by atoms with Gasteiger partial charge in [0.15, 0.2) is 18.1 Å². The number of ether oxygens (including phenoxy) is 3. The number of piperazine rings is 1. The van der Waals surface area contributed by atoms with Gasteiger partial charge in [-0.15, -0.1) is 0 Å². The number of benzene rings is 2. The second-order valence-corrected chi connectivity index (χ2v) is 7.86. The molecule has 0 unspecified atom stereocenters. The molecule has 35 heavy (non-hydrogen) atoms. The Morgan fingerprint density at radius 2 is 1.54 bits per heavy atom. The van der Waals surface area contributed by atoms with Gasteiger partial charge >= 0.3 is 11.9 Å². The van der Waals surface area contributed by atoms with Crippen LogP contribution < -0.4 is 14.2 Å². The van der Waals surface area contributed by atoms with Crippen molar-refractivity contribution in [3.63, 3.8) is 0 Å². The minimum absolute atomic E-state index is 0.00248. The minimum atomic E-state index is -1.82. The van der Waals surface area contributed by atoms with E-state index in [1.807, 2.05) is 24.0 Å². The Bertz CT molecular complexity index is 980. The summed E-state index contributed by atoms with van der Waals surface area (Å²) in [5.41, 5.74) is 1.17. The molecule has 0 aromatic heterocycles. The van der Waals surface area contributed by atoms with Crippen LogP contribution in [0.3, 0.4) is 0 Å². The van der Waals surface area contributed by atoms with Crippen molar-refractivity contribution < 1.29 is 38.8 Å². The van der Waals surface area contributed by atoms with Gasteiger partial charge in [-0.1, -0.05) is 17.7 Å². The molecule has 0 atom stereocenters. The average Bonchev–Trinajstić information content (AvgIpc) is 2.85. The molecular weight excluding hydrogens is 480 g/mol. The zero-order chi connectivity index (χ0) is 25.8. The van der Waals surface area contributed by atoms with E-state index in [1.54, 1.807) is 31.4 Å². The van der Waals surface area contributed by atoms with Crippen LogP contribution in [0.15, 0.2) is 42.5 Å². The topological polar surface area (TPSA) is 126 Å². The molecule has 190 valence electrons. The van der Waals surface area contributed by atoms with Crippen molar-refractivity contribution in [2.24, 2.45) is 0 Å². The lowest BCUT2D eigenvalue weighted by Gasteiger charge is -2.34. The summed E-state index contributed by atoms with van der Waals surface area (Å²) in [6, 6.07) is 13.0. The molecule has 10 nitrogen and oxygen atoms in total. The number of hydrogen-bond acceptors (Lipinski definition) is 7. The average molecular weight is 509 g/mol. The number of carboxylic acid groups (broad SMARTS) is 2. The molecule has 1 saturated heterocycles. The summed E-state index contributed by atoms with van der Waals surface area (Å²) in [6.45, 7) is 6.43. The number of carboxylic acids is 2. The number of halogens is 1. The molecule has 0 spiro atoms. The van der Waals surface area contributed by atoms with Gasteiger partial charge in [0, 0.05) is 37.7 Å². The highest BCUT2D eigenvalue weighted by atomic mass is 35.5. The highest BCUT2D eigenvalue weighted by molar-refractivity contribution is 6.30. The molecule has 1 amide bonds. The molecular formula is C24H29ClN2O8. The lowest BCUT2D eigenvalue weighted by Crippen LogP contribution is -2.49. The first-order chi connectivity index (χ1) is 16.7. The van der Waals surface area contributed by atoms with Crippen LogP contribution in [0.2, 0.25) is 5.02 Å². The predicted molar refractivity (Wildman–Crippen MR) is 128 cm³/mol. The van der Waals surface area contributed by atoms with Gasteiger partial charge in [-0.25, -0.2) is 9.59 Å². The zero-order valence-corrected chi connectivity index (χ0v) is 20.4. The van der Waals surface area contributed by atoms with Crippen molar-refractivity contribution in [3.05, 3.63) is 53.1 Å². The Labute approximate surface area is 208 Å². The van der Waals surface area contributed by atoms with Crippen LogP contribution in [-0.2, 0) is 20.9 Å². The smallest absolute Gasteiger partial charge is 0.414 e. The summed E-state index contributed by atoms with van der Waals surface area (Å²) < 4.78 is 16.6. The Kier molecular flexibility index (Phi) is 11.1. The molecule has 0 aliphatic carbocycles. The van der Waals surface area contributed by atoms with Crippen molar-refractivity contribution in [1.82, 2.24) is 9.80 Å². The van der Waals surface area contributed by atoms with Crippen LogP contribution in [0, 0.1) is 0 Å². The second kappa shape index (κ2) is 14.0. The van der Waals surface area contributed by atoms with E-state index in [0.29, 0.717) is 30.5 Å². The van der Waals surface area contributed by atoms with E-state index in [1.165, 1.54) is 5.56 Å². The lowest BCUT2D eigenvalue weighted by molar-refractivity contribution is -0.159. The molecule has 2 aromatic carbocycles. The Balaban J connectivity index is 0.000000641. The van der Waals surface area contributed by atoms with E-state index in [0.717, 1.165) is 31.1 Å². The first-order valence-corrected chi connectivity index (χ1v) is 11.3. The number of carbonyl (C=O) groups excluding carboxylic acids is 1. The third kappa shape index (κ3) is 9.34. The predicted octanol–water partition coefficient (Wildman–Crippen LogP) is 2.63. The van der Waals surface area contributed by atoms with Crippen LogP contribution in [0.25, 0.3) is 0 Å². The van der Waals surface area contributed by atoms with E-state index < -0.39 is 11.9 Å². The highest BCUT2D eigenvalue weighted by Gasteiger charge is 2.21. The van der Waals surface area contributed by atoms with Crippen molar-refractivity contribution in [1.29, 1.82) is 0 Å². The third-order valence-corrected chi connectivity index (χ3v) is 5.27. The molecule has 2 N–H and O–H groups in total. The monoisotopic (exact) mass is 508 g/mol. The summed E-state index contributed by atoms with van der Waals surface area (Å²) in [5.74, 6) is -1.49. The summed E-state index contributed by atoms with van der Waals surface area (Å²) in [4.78, 5) is 34.8. The number of nitrogens with zero attached hydrogens (tertiary/aromatic N) is 2. The molecule has 1 fully saturated rings. The van der Waals surface area contributed by atoms with Gasteiger partial charge in [0.1, 0.15) is 5.75 Å². The summed E-state index contributed by atoms with van der Waals surface area (Å²) in [7, 11) is 1.64. The fraction of sp³-hybridized carbons (Fsp3) is 0.375. The molecule has 2 aromatic rings. The quantitative estimate of drug-likeness (QED) is 0.517. The number of amides is 1. The van der Waals surface area contributed by atoms with Crippen LogP contribution in [-0.4, -0.2) is 84.4 Å². The van der Waals surface area contributed by atoms with Gasteiger partial charge < -0.3 is 29.3 Å². The Hall–Kier alpha value is -3.50. The lowest BCUT2D eigenvalue weighted by atomic mass is 10.1. The number of rotatable bonds is 8. The van der Waals surface area contributed by atoms with Crippen LogP contribution >= 0.6 is 11.6 Å². The molecule has 1 aliphatic heterocycles. The van der Waals surface area contributed by atoms with Crippen molar-refractivity contribution in [2.75, 3.05) is 46.5 Å². The fourth-order valence-corrected chi connectivity index (χ4v) is 3.39. The van der Waals surface area contributed by atoms with Crippen molar-refractivity contribution >= 4 is 29.4 Å². The standard InChI is InChI=1S/C22H27ClN2O4.C2H2O4/c1-3-28-21-14-17(4-9-20(21)27-2)15-24-10-12-25(13-11-24)22(26)16-29-19-7-5-18(23)6-8-19;3-1(4)2(5)6/h4-9,14H,3,10-13,15-16H2,1-2H3;(H,3,4)(H,5,6). The van der Waals surface area contributed by atoms with Gasteiger partial charge in [0.25, 0.3) is 5.91 Å². The van der Waals surface area contributed by atoms with Gasteiger partial charge in [-0.2, -0.15) is 0 Å². The highest BCUT2D eigenvalue weighted by Crippen LogP contribution is 2.28. The third-order valence-electron chi connectivity index (χ3n) is 5.02. The van der Waals surface area contributed by atoms with Crippen LogP contribution in [0.4, 0.5) is 0 Å². The van der Waals surface area contributed by atoms with Gasteiger partial charge in [-0.05, 0) is 48.9 Å². The fourth-order valence-electron chi connectivity index (χ4n) is 3.27. The number of aliphatic carboxylic acids is 2. The number of methoxy groups -OCH3 is 1. The van der Waals surface area contributed by atoms with E-state index >= 15 is 0 Å². The molecule has 0 saturated carbocycles. The van der Waals surface area contributed by atoms with Crippen molar-refractivity contribution in [2.45, 2.75) is 13.5 Å². The Morgan fingerprint density at radius 1 is 0.914 bits per heavy atom. The SMILES string of the molecule is CCOc1cc(CN2CCN(C(=O)COc3ccc(Cl)cc3)CC2)ccc1OC.O=C(O)C(=O)O. The maximum Gasteiger partial charge on any atom is 0.414 e. The second-order valence-electron chi connectivity index (χ2n) is 7.43. The van der Waals surface area contributed by atoms with Gasteiger partial charge in [-0.3, -0.25) is 9.69 Å². The summed E-state index contributed by atoms with van der Waals surface area (Å²) in [5, 5.41) is 15.4. The molecule has 1 aliphatic rings. The summed E-state index contributed by atoms with van der Waals surface area (Å²) in [6.07, 6.45) is 0. The molecule has 0 bridgehead atoms. The van der Waals surface area contributed by atoms with Gasteiger partial charge in [0.05, 0.1) is 13.7 Å². The molecule has 1 heterocycles. The van der Waals surface area contributed by atoms with Crippen LogP contribution in [0.5, 0.6) is 17.2 Å². The minimum Gasteiger partial charge on any atom is -0.493 e. The van der Waals surface area contributed by atoms with Crippen molar-refractivity contribution in [3.8, 4) is 17.2 Å². The van der Waals surface area contributed by atoms with E-state index in [-0.39, 0.29) is 12.5 Å². The first kappa shape index (κ1) is 27.7. The normalized spacial score (nSPS) is 13.3.